The van der Waals surface area contributed by atoms with Gasteiger partial charge in [0, 0.05) is 5.56 Å². The van der Waals surface area contributed by atoms with E-state index in [2.05, 4.69) is 5.32 Å². The number of rotatable bonds is 4. The second-order valence-electron chi connectivity index (χ2n) is 3.10. The molecular weight excluding hydrogens is 178 g/mol. The Morgan fingerprint density at radius 2 is 1.93 bits per heavy atom. The molecule has 0 spiro atoms. The third kappa shape index (κ3) is 2.33. The summed E-state index contributed by atoms with van der Waals surface area (Å²) in [7, 11) is 3.37. The molecule has 0 aliphatic heterocycles. The summed E-state index contributed by atoms with van der Waals surface area (Å²) in [6, 6.07) is 6.97. The van der Waals surface area contributed by atoms with Crippen LogP contribution in [0.3, 0.4) is 0 Å². The second kappa shape index (κ2) is 4.77. The number of likely N-dealkylation sites (N-methyl/N-ethyl adjacent to an activating group) is 1. The van der Waals surface area contributed by atoms with Crippen LogP contribution in [0.5, 0.6) is 5.75 Å². The van der Waals surface area contributed by atoms with Gasteiger partial charge in [-0.15, -0.1) is 0 Å². The molecule has 0 amide bonds. The van der Waals surface area contributed by atoms with Crippen LogP contribution in [0.1, 0.15) is 17.3 Å². The van der Waals surface area contributed by atoms with Crippen LogP contribution in [0.15, 0.2) is 24.3 Å². The van der Waals surface area contributed by atoms with Crippen LogP contribution in [0.4, 0.5) is 0 Å². The Morgan fingerprint density at radius 3 is 2.36 bits per heavy atom. The van der Waals surface area contributed by atoms with Crippen molar-refractivity contribution >= 4 is 5.78 Å². The maximum atomic E-state index is 11.7. The Kier molecular flexibility index (Phi) is 3.65. The van der Waals surface area contributed by atoms with Gasteiger partial charge in [-0.05, 0) is 38.2 Å². The standard InChI is InChI=1S/C11H15NO2/c1-8(12-2)11(13)9-4-6-10(14-3)7-5-9/h4-8,12H,1-3H3/t8-/m0/s1. The molecule has 1 aromatic carbocycles. The maximum absolute atomic E-state index is 11.7. The molecular formula is C11H15NO2. The summed E-state index contributed by atoms with van der Waals surface area (Å²) in [4.78, 5) is 11.7. The average Bonchev–Trinajstić information content (AvgIpc) is 2.27. The van der Waals surface area contributed by atoms with E-state index in [0.717, 1.165) is 5.75 Å². The van der Waals surface area contributed by atoms with Crippen molar-refractivity contribution in [2.24, 2.45) is 0 Å². The molecule has 0 aliphatic carbocycles. The van der Waals surface area contributed by atoms with Gasteiger partial charge in [-0.2, -0.15) is 0 Å². The fourth-order valence-electron chi connectivity index (χ4n) is 1.14. The minimum absolute atomic E-state index is 0.0927. The van der Waals surface area contributed by atoms with Gasteiger partial charge in [-0.25, -0.2) is 0 Å². The Morgan fingerprint density at radius 1 is 1.36 bits per heavy atom. The van der Waals surface area contributed by atoms with E-state index in [4.69, 9.17) is 4.74 Å². The summed E-state index contributed by atoms with van der Waals surface area (Å²) < 4.78 is 5.01. The van der Waals surface area contributed by atoms with Crippen molar-refractivity contribution in [1.29, 1.82) is 0 Å². The molecule has 1 rings (SSSR count). The van der Waals surface area contributed by atoms with Gasteiger partial charge in [0.25, 0.3) is 0 Å². The fourth-order valence-corrected chi connectivity index (χ4v) is 1.14. The van der Waals surface area contributed by atoms with E-state index in [1.807, 2.05) is 6.92 Å². The zero-order chi connectivity index (χ0) is 10.6. The van der Waals surface area contributed by atoms with E-state index < -0.39 is 0 Å². The monoisotopic (exact) mass is 193 g/mol. The van der Waals surface area contributed by atoms with Crippen molar-refractivity contribution in [2.75, 3.05) is 14.2 Å². The largest absolute Gasteiger partial charge is 0.497 e. The van der Waals surface area contributed by atoms with Gasteiger partial charge < -0.3 is 10.1 Å². The number of ether oxygens (including phenoxy) is 1. The summed E-state index contributed by atoms with van der Waals surface area (Å²) in [5.74, 6) is 0.855. The topological polar surface area (TPSA) is 38.3 Å². The van der Waals surface area contributed by atoms with E-state index in [1.54, 1.807) is 38.4 Å². The zero-order valence-electron chi connectivity index (χ0n) is 8.70. The van der Waals surface area contributed by atoms with Crippen molar-refractivity contribution in [3.63, 3.8) is 0 Å². The maximum Gasteiger partial charge on any atom is 0.179 e. The molecule has 1 atom stereocenters. The Bertz CT molecular complexity index is 306. The van der Waals surface area contributed by atoms with Gasteiger partial charge >= 0.3 is 0 Å². The molecule has 0 bridgehead atoms. The first kappa shape index (κ1) is 10.7. The number of nitrogens with one attached hydrogen (secondary N) is 1. The second-order valence-corrected chi connectivity index (χ2v) is 3.10. The van der Waals surface area contributed by atoms with Crippen LogP contribution < -0.4 is 10.1 Å². The number of ketones is 1. The summed E-state index contributed by atoms with van der Waals surface area (Å²) >= 11 is 0. The number of Topliss-reactive ketones (excluding diaryl/α,β-unsaturated/α-hetero) is 1. The molecule has 1 N–H and O–H groups in total. The molecule has 14 heavy (non-hydrogen) atoms. The first-order chi connectivity index (χ1) is 6.69. The molecule has 0 fully saturated rings. The molecule has 0 radical (unpaired) electrons. The molecule has 3 nitrogen and oxygen atoms in total. The molecule has 3 heteroatoms. The van der Waals surface area contributed by atoms with Gasteiger partial charge in [-0.1, -0.05) is 0 Å². The molecule has 0 heterocycles. The van der Waals surface area contributed by atoms with Crippen LogP contribution in [-0.2, 0) is 0 Å². The predicted molar refractivity (Wildman–Crippen MR) is 55.8 cm³/mol. The first-order valence-electron chi connectivity index (χ1n) is 4.54. The number of hydrogen-bond donors (Lipinski definition) is 1. The minimum Gasteiger partial charge on any atom is -0.497 e. The summed E-state index contributed by atoms with van der Waals surface area (Å²) in [6.45, 7) is 1.84. The number of carbonyl (C=O) groups excluding carboxylic acids is 1. The highest BCUT2D eigenvalue weighted by atomic mass is 16.5. The van der Waals surface area contributed by atoms with E-state index in [1.165, 1.54) is 0 Å². The molecule has 0 saturated heterocycles. The Balaban J connectivity index is 2.81. The third-order valence-corrected chi connectivity index (χ3v) is 2.20. The molecule has 0 saturated carbocycles. The Hall–Kier alpha value is -1.35. The van der Waals surface area contributed by atoms with Crippen LogP contribution in [-0.4, -0.2) is 26.0 Å². The number of carbonyl (C=O) groups is 1. The van der Waals surface area contributed by atoms with E-state index in [-0.39, 0.29) is 11.8 Å². The lowest BCUT2D eigenvalue weighted by atomic mass is 10.1. The van der Waals surface area contributed by atoms with E-state index in [9.17, 15) is 4.79 Å². The van der Waals surface area contributed by atoms with Crippen molar-refractivity contribution in [1.82, 2.24) is 5.32 Å². The molecule has 0 aromatic heterocycles. The van der Waals surface area contributed by atoms with Gasteiger partial charge in [0.2, 0.25) is 0 Å². The van der Waals surface area contributed by atoms with Gasteiger partial charge in [0.15, 0.2) is 5.78 Å². The van der Waals surface area contributed by atoms with Crippen molar-refractivity contribution < 1.29 is 9.53 Å². The van der Waals surface area contributed by atoms with E-state index in [0.29, 0.717) is 5.56 Å². The van der Waals surface area contributed by atoms with Gasteiger partial charge in [0.1, 0.15) is 5.75 Å². The normalized spacial score (nSPS) is 12.2. The van der Waals surface area contributed by atoms with Crippen molar-refractivity contribution in [3.8, 4) is 5.75 Å². The average molecular weight is 193 g/mol. The lowest BCUT2D eigenvalue weighted by molar-refractivity contribution is 0.0955. The highest BCUT2D eigenvalue weighted by Gasteiger charge is 2.12. The summed E-state index contributed by atoms with van der Waals surface area (Å²) in [6.07, 6.45) is 0. The molecule has 0 aliphatic rings. The van der Waals surface area contributed by atoms with Gasteiger partial charge in [0.05, 0.1) is 13.2 Å². The first-order valence-corrected chi connectivity index (χ1v) is 4.54. The fraction of sp³-hybridized carbons (Fsp3) is 0.364. The molecule has 0 unspecified atom stereocenters. The zero-order valence-corrected chi connectivity index (χ0v) is 8.70. The lowest BCUT2D eigenvalue weighted by Crippen LogP contribution is -2.30. The smallest absolute Gasteiger partial charge is 0.179 e. The van der Waals surface area contributed by atoms with Crippen LogP contribution >= 0.6 is 0 Å². The van der Waals surface area contributed by atoms with Crippen LogP contribution in [0.25, 0.3) is 0 Å². The highest BCUT2D eigenvalue weighted by molar-refractivity contribution is 5.99. The summed E-state index contributed by atoms with van der Waals surface area (Å²) in [5.41, 5.74) is 0.702. The number of benzene rings is 1. The number of hydrogen-bond acceptors (Lipinski definition) is 3. The molecule has 76 valence electrons. The van der Waals surface area contributed by atoms with Crippen LogP contribution in [0, 0.1) is 0 Å². The minimum atomic E-state index is -0.150. The van der Waals surface area contributed by atoms with Crippen molar-refractivity contribution in [3.05, 3.63) is 29.8 Å². The van der Waals surface area contributed by atoms with Crippen LogP contribution in [0.2, 0.25) is 0 Å². The van der Waals surface area contributed by atoms with Crippen molar-refractivity contribution in [2.45, 2.75) is 13.0 Å². The molecule has 1 aromatic rings. The Labute approximate surface area is 84.1 Å². The van der Waals surface area contributed by atoms with Gasteiger partial charge in [-0.3, -0.25) is 4.79 Å². The SMILES string of the molecule is CN[C@@H](C)C(=O)c1ccc(OC)cc1. The predicted octanol–water partition coefficient (Wildman–Crippen LogP) is 1.49. The number of methoxy groups -OCH3 is 1. The third-order valence-electron chi connectivity index (χ3n) is 2.20. The summed E-state index contributed by atoms with van der Waals surface area (Å²) in [5, 5.41) is 2.91. The quantitative estimate of drug-likeness (QED) is 0.736. The van der Waals surface area contributed by atoms with E-state index >= 15 is 0 Å². The lowest BCUT2D eigenvalue weighted by Gasteiger charge is -2.08. The highest BCUT2D eigenvalue weighted by Crippen LogP contribution is 2.12.